The van der Waals surface area contributed by atoms with Gasteiger partial charge in [-0.2, -0.15) is 0 Å². The Labute approximate surface area is 173 Å². The summed E-state index contributed by atoms with van der Waals surface area (Å²) in [6.45, 7) is -1.85. The molecule has 0 unspecified atom stereocenters. The van der Waals surface area contributed by atoms with Crippen molar-refractivity contribution in [3.8, 4) is 0 Å². The normalized spacial score (nSPS) is 42.5. The highest BCUT2D eigenvalue weighted by molar-refractivity contribution is 7.46. The van der Waals surface area contributed by atoms with E-state index in [1.807, 2.05) is 0 Å². The van der Waals surface area contributed by atoms with E-state index in [1.165, 1.54) is 0 Å². The van der Waals surface area contributed by atoms with Crippen LogP contribution in [0.5, 0.6) is 0 Å². The van der Waals surface area contributed by atoms with Crippen LogP contribution in [-0.4, -0.2) is 125 Å². The molecule has 2 fully saturated rings. The third-order valence-corrected chi connectivity index (χ3v) is 5.41. The maximum absolute atomic E-state index is 10.8. The molecule has 0 aromatic carbocycles. The third kappa shape index (κ3) is 7.43. The van der Waals surface area contributed by atoms with Gasteiger partial charge in [-0.1, -0.05) is 0 Å². The van der Waals surface area contributed by atoms with Crippen molar-refractivity contribution in [2.75, 3.05) is 13.2 Å². The van der Waals surface area contributed by atoms with Gasteiger partial charge in [-0.3, -0.25) is 9.05 Å². The van der Waals surface area contributed by atoms with Gasteiger partial charge in [0, 0.05) is 0 Å². The Morgan fingerprint density at radius 1 is 0.645 bits per heavy atom. The highest BCUT2D eigenvalue weighted by Crippen LogP contribution is 2.38. The number of rotatable bonds is 8. The van der Waals surface area contributed by atoms with E-state index >= 15 is 0 Å². The quantitative estimate of drug-likeness (QED) is 0.139. The van der Waals surface area contributed by atoms with E-state index in [9.17, 15) is 39.8 Å². The Morgan fingerprint density at radius 2 is 1.10 bits per heavy atom. The molecule has 0 aliphatic carbocycles. The van der Waals surface area contributed by atoms with Crippen molar-refractivity contribution in [2.45, 2.75) is 61.4 Å². The molecule has 2 saturated heterocycles. The summed E-state index contributed by atoms with van der Waals surface area (Å²) in [5.74, 6) is 0. The van der Waals surface area contributed by atoms with E-state index in [0.717, 1.165) is 0 Å². The van der Waals surface area contributed by atoms with Crippen molar-refractivity contribution >= 4 is 15.6 Å². The number of ether oxygens (including phenoxy) is 3. The van der Waals surface area contributed by atoms with Crippen molar-refractivity contribution in [2.24, 2.45) is 0 Å². The largest absolute Gasteiger partial charge is 0.469 e. The van der Waals surface area contributed by atoms with Gasteiger partial charge in [-0.25, -0.2) is 9.13 Å². The first-order valence-electron chi connectivity index (χ1n) is 8.55. The molecule has 17 nitrogen and oxygen atoms in total. The third-order valence-electron chi connectivity index (χ3n) is 4.44. The summed E-state index contributed by atoms with van der Waals surface area (Å²) >= 11 is 0. The molecule has 19 heteroatoms. The highest BCUT2D eigenvalue weighted by Gasteiger charge is 2.50. The smallest absolute Gasteiger partial charge is 0.387 e. The van der Waals surface area contributed by atoms with Crippen LogP contribution in [0, 0.1) is 0 Å². The van der Waals surface area contributed by atoms with Gasteiger partial charge in [-0.05, 0) is 0 Å². The van der Waals surface area contributed by atoms with Crippen molar-refractivity contribution in [3.05, 3.63) is 0 Å². The lowest BCUT2D eigenvalue weighted by Gasteiger charge is -2.45. The van der Waals surface area contributed by atoms with Crippen molar-refractivity contribution in [1.82, 2.24) is 0 Å². The van der Waals surface area contributed by atoms with Gasteiger partial charge < -0.3 is 64.4 Å². The molecule has 2 rings (SSSR count). The first kappa shape index (κ1) is 27.1. The SMILES string of the molecule is O=P(O)(O)OC[C@H]1O[C@H](O[C@H]2[C@@H](O)[C@H](O)[C@@H](COP(=O)(O)O)O[C@@H]2O)[C@@H](O)[C@@H](O)[C@@H]1O. The van der Waals surface area contributed by atoms with Crippen molar-refractivity contribution in [3.63, 3.8) is 0 Å². The minimum Gasteiger partial charge on any atom is -0.387 e. The fraction of sp³-hybridized carbons (Fsp3) is 1.00. The second kappa shape index (κ2) is 10.4. The number of phosphoric ester groups is 2. The van der Waals surface area contributed by atoms with Crippen LogP contribution in [0.3, 0.4) is 0 Å². The van der Waals surface area contributed by atoms with Crippen LogP contribution in [0.4, 0.5) is 0 Å². The van der Waals surface area contributed by atoms with Gasteiger partial charge in [0.05, 0.1) is 13.2 Å². The summed E-state index contributed by atoms with van der Waals surface area (Å²) < 4.78 is 45.0. The maximum atomic E-state index is 10.8. The number of phosphoric acid groups is 2. The Kier molecular flexibility index (Phi) is 9.11. The minimum atomic E-state index is -4.98. The molecule has 2 aliphatic heterocycles. The van der Waals surface area contributed by atoms with Crippen LogP contribution in [-0.2, 0) is 32.4 Å². The monoisotopic (exact) mass is 502 g/mol. The van der Waals surface area contributed by atoms with Gasteiger partial charge in [0.25, 0.3) is 0 Å². The van der Waals surface area contributed by atoms with Gasteiger partial charge in [-0.15, -0.1) is 0 Å². The first-order valence-corrected chi connectivity index (χ1v) is 11.6. The molecular weight excluding hydrogens is 478 g/mol. The molecule has 184 valence electrons. The van der Waals surface area contributed by atoms with Gasteiger partial charge in [0.2, 0.25) is 0 Å². The summed E-state index contributed by atoms with van der Waals surface area (Å²) in [7, 11) is -9.93. The predicted molar refractivity (Wildman–Crippen MR) is 90.4 cm³/mol. The Hall–Kier alpha value is -0.140. The fourth-order valence-corrected chi connectivity index (χ4v) is 3.55. The number of aliphatic hydroxyl groups excluding tert-OH is 6. The lowest BCUT2D eigenvalue weighted by Crippen LogP contribution is -2.64. The predicted octanol–water partition coefficient (Wildman–Crippen LogP) is -5.16. The van der Waals surface area contributed by atoms with E-state index in [-0.39, 0.29) is 0 Å². The molecule has 2 aliphatic rings. The second-order valence-corrected chi connectivity index (χ2v) is 9.21. The molecule has 31 heavy (non-hydrogen) atoms. The standard InChI is InChI=1S/C12H24O17P2/c13-5-4(2-26-31(22,23)24)28-12(9(17)7(5)15)29-10-8(16)6(14)3(27-11(10)18)1-25-30(19,20)21/h3-18H,1-2H2,(H2,19,20,21)(H2,22,23,24)/t3-,4-,5-,6-,7+,8+,9+,10+,11+,12-/m1/s1. The van der Waals surface area contributed by atoms with E-state index in [1.54, 1.807) is 0 Å². The molecule has 0 amide bonds. The Morgan fingerprint density at radius 3 is 1.58 bits per heavy atom. The minimum absolute atomic E-state index is 0.915. The zero-order chi connectivity index (χ0) is 23.7. The molecule has 0 radical (unpaired) electrons. The van der Waals surface area contributed by atoms with Crippen LogP contribution < -0.4 is 0 Å². The Balaban J connectivity index is 2.05. The number of hydrogen-bond donors (Lipinski definition) is 10. The molecule has 0 saturated carbocycles. The number of aliphatic hydroxyl groups is 6. The summed E-state index contributed by atoms with van der Waals surface area (Å²) in [5.41, 5.74) is 0. The highest BCUT2D eigenvalue weighted by atomic mass is 31.2. The van der Waals surface area contributed by atoms with Gasteiger partial charge in [0.1, 0.15) is 48.8 Å². The van der Waals surface area contributed by atoms with Crippen LogP contribution in [0.15, 0.2) is 0 Å². The molecule has 0 aromatic rings. The summed E-state index contributed by atoms with van der Waals surface area (Å²) in [6.07, 6.45) is -18.7. The average Bonchev–Trinajstić information content (AvgIpc) is 2.64. The van der Waals surface area contributed by atoms with Crippen LogP contribution in [0.2, 0.25) is 0 Å². The van der Waals surface area contributed by atoms with Crippen LogP contribution in [0.25, 0.3) is 0 Å². The molecule has 0 aromatic heterocycles. The molecule has 0 bridgehead atoms. The van der Waals surface area contributed by atoms with Crippen LogP contribution >= 0.6 is 15.6 Å². The molecule has 10 atom stereocenters. The van der Waals surface area contributed by atoms with E-state index in [2.05, 4.69) is 9.05 Å². The van der Waals surface area contributed by atoms with Crippen molar-refractivity contribution < 1.29 is 82.6 Å². The maximum Gasteiger partial charge on any atom is 0.469 e. The summed E-state index contributed by atoms with van der Waals surface area (Å²) in [6, 6.07) is 0. The molecule has 10 N–H and O–H groups in total. The van der Waals surface area contributed by atoms with Gasteiger partial charge >= 0.3 is 15.6 Å². The second-order valence-electron chi connectivity index (χ2n) is 6.73. The lowest BCUT2D eigenvalue weighted by molar-refractivity contribution is -0.361. The summed E-state index contributed by atoms with van der Waals surface area (Å²) in [4.78, 5) is 34.8. The fourth-order valence-electron chi connectivity index (χ4n) is 2.87. The van der Waals surface area contributed by atoms with Gasteiger partial charge in [0.15, 0.2) is 12.6 Å². The number of hydrogen-bond acceptors (Lipinski definition) is 13. The summed E-state index contributed by atoms with van der Waals surface area (Å²) in [5, 5.41) is 60.0. The lowest BCUT2D eigenvalue weighted by atomic mass is 9.97. The molecule has 0 spiro atoms. The zero-order valence-electron chi connectivity index (χ0n) is 15.4. The average molecular weight is 502 g/mol. The molecular formula is C12H24O17P2. The van der Waals surface area contributed by atoms with E-state index in [4.69, 9.17) is 33.8 Å². The topological polar surface area (TPSA) is 283 Å². The van der Waals surface area contributed by atoms with Crippen molar-refractivity contribution in [1.29, 1.82) is 0 Å². The zero-order valence-corrected chi connectivity index (χ0v) is 17.2. The van der Waals surface area contributed by atoms with E-state index in [0.29, 0.717) is 0 Å². The molecule has 2 heterocycles. The Bertz CT molecular complexity index is 680. The van der Waals surface area contributed by atoms with E-state index < -0.39 is 90.3 Å². The first-order chi connectivity index (χ1) is 14.1. The van der Waals surface area contributed by atoms with Crippen LogP contribution in [0.1, 0.15) is 0 Å².